The third-order valence-electron chi connectivity index (χ3n) is 2.17. The number of hydrogen-bond donors (Lipinski definition) is 0. The smallest absolute Gasteiger partial charge is 0.0297 e. The fraction of sp³-hybridized carbons (Fsp3) is 0.875. The van der Waals surface area contributed by atoms with Gasteiger partial charge in [0, 0.05) is 25.7 Å². The zero-order chi connectivity index (χ0) is 8.43. The van der Waals surface area contributed by atoms with Crippen LogP contribution in [0.25, 0.3) is 0 Å². The second-order valence-electron chi connectivity index (χ2n) is 3.35. The Kier molecular flexibility index (Phi) is 3.10. The predicted octanol–water partition coefficient (Wildman–Crippen LogP) is 0.868. The summed E-state index contributed by atoms with van der Waals surface area (Å²) < 4.78 is 2.49. The lowest BCUT2D eigenvalue weighted by atomic mass is 10.2. The fourth-order valence-corrected chi connectivity index (χ4v) is 2.66. The van der Waals surface area contributed by atoms with Gasteiger partial charge in [-0.1, -0.05) is 5.87 Å². The lowest BCUT2D eigenvalue weighted by Crippen LogP contribution is -2.47. The molecule has 0 bridgehead atoms. The van der Waals surface area contributed by atoms with Gasteiger partial charge in [-0.25, -0.2) is 0 Å². The summed E-state index contributed by atoms with van der Waals surface area (Å²) in [5.41, 5.74) is 0. The molecule has 3 heteroatoms. The first kappa shape index (κ1) is 9.23. The molecular weight excluding hydrogens is 156 g/mol. The Morgan fingerprint density at radius 1 is 1.45 bits per heavy atom. The molecule has 1 rings (SSSR count). The van der Waals surface area contributed by atoms with Crippen molar-refractivity contribution in [1.82, 2.24) is 9.21 Å². The lowest BCUT2D eigenvalue weighted by Gasteiger charge is -2.38. The van der Waals surface area contributed by atoms with E-state index in [1.54, 1.807) is 0 Å². The van der Waals surface area contributed by atoms with Crippen molar-refractivity contribution < 1.29 is 0 Å². The topological polar surface area (TPSA) is 6.48 Å². The monoisotopic (exact) mass is 174 g/mol. The summed E-state index contributed by atoms with van der Waals surface area (Å²) in [7, 11) is 2.39. The van der Waals surface area contributed by atoms with Crippen LogP contribution in [0.1, 0.15) is 6.92 Å². The molecule has 1 saturated heterocycles. The number of rotatable bonds is 1. The molecule has 0 amide bonds. The van der Waals surface area contributed by atoms with E-state index in [0.717, 1.165) is 0 Å². The largest absolute Gasteiger partial charge is 0.303 e. The normalized spacial score (nSPS) is 32.1. The van der Waals surface area contributed by atoms with Gasteiger partial charge in [0.1, 0.15) is 0 Å². The highest BCUT2D eigenvalue weighted by Crippen LogP contribution is 2.19. The highest BCUT2D eigenvalue weighted by Gasteiger charge is 2.20. The van der Waals surface area contributed by atoms with E-state index in [0.29, 0.717) is 6.04 Å². The van der Waals surface area contributed by atoms with Crippen molar-refractivity contribution in [2.24, 2.45) is 0 Å². The van der Waals surface area contributed by atoms with Crippen molar-refractivity contribution in [3.63, 3.8) is 0 Å². The Bertz CT molecular complexity index is 158. The Morgan fingerprint density at radius 2 is 2.09 bits per heavy atom. The first-order valence-electron chi connectivity index (χ1n) is 4.02. The summed E-state index contributed by atoms with van der Waals surface area (Å²) in [6.45, 7) is 5.84. The Balaban J connectivity index is 2.50. The number of hydrogen-bond acceptors (Lipinski definition) is 2. The highest BCUT2D eigenvalue weighted by atomic mass is 32.2. The molecule has 2 atom stereocenters. The molecule has 0 N–H and O–H groups in total. The van der Waals surface area contributed by atoms with Crippen LogP contribution in [-0.4, -0.2) is 54.1 Å². The SMILES string of the molecule is C=S(C)N1CCN(C)CC1C. The molecule has 11 heavy (non-hydrogen) atoms. The summed E-state index contributed by atoms with van der Waals surface area (Å²) in [5, 5.41) is 0. The van der Waals surface area contributed by atoms with Gasteiger partial charge >= 0.3 is 0 Å². The van der Waals surface area contributed by atoms with Gasteiger partial charge < -0.3 is 4.90 Å². The Labute approximate surface area is 72.2 Å². The maximum atomic E-state index is 4.07. The van der Waals surface area contributed by atoms with Gasteiger partial charge in [-0.3, -0.25) is 4.31 Å². The summed E-state index contributed by atoms with van der Waals surface area (Å²) in [5.74, 6) is 4.07. The standard InChI is InChI=1S/C8H18N2S/c1-8-7-9(2)5-6-10(8)11(3)4/h8H,3,5-7H2,1-2,4H3. The molecule has 1 heterocycles. The molecule has 0 radical (unpaired) electrons. The first-order valence-corrected chi connectivity index (χ1v) is 5.78. The molecule has 1 aliphatic rings. The number of likely N-dealkylation sites (N-methyl/N-ethyl adjacent to an activating group) is 1. The van der Waals surface area contributed by atoms with E-state index < -0.39 is 0 Å². The lowest BCUT2D eigenvalue weighted by molar-refractivity contribution is 0.181. The van der Waals surface area contributed by atoms with Crippen molar-refractivity contribution in [2.75, 3.05) is 32.9 Å². The van der Waals surface area contributed by atoms with Crippen molar-refractivity contribution in [3.05, 3.63) is 0 Å². The van der Waals surface area contributed by atoms with E-state index >= 15 is 0 Å². The van der Waals surface area contributed by atoms with Gasteiger partial charge in [-0.05, 0) is 20.2 Å². The molecule has 1 fully saturated rings. The number of nitrogens with zero attached hydrogens (tertiary/aromatic N) is 2. The molecule has 2 unspecified atom stereocenters. The molecular formula is C8H18N2S. The van der Waals surface area contributed by atoms with Crippen LogP contribution in [0.4, 0.5) is 0 Å². The molecule has 0 aromatic carbocycles. The summed E-state index contributed by atoms with van der Waals surface area (Å²) >= 11 is 0. The van der Waals surface area contributed by atoms with Crippen LogP contribution in [0.3, 0.4) is 0 Å². The fourth-order valence-electron chi connectivity index (χ4n) is 1.59. The van der Waals surface area contributed by atoms with E-state index in [4.69, 9.17) is 0 Å². The number of piperazine rings is 1. The summed E-state index contributed by atoms with van der Waals surface area (Å²) in [4.78, 5) is 2.38. The molecule has 0 aromatic heterocycles. The van der Waals surface area contributed by atoms with Gasteiger partial charge in [0.25, 0.3) is 0 Å². The second kappa shape index (κ2) is 3.70. The highest BCUT2D eigenvalue weighted by molar-refractivity contribution is 8.11. The van der Waals surface area contributed by atoms with Crippen LogP contribution in [-0.2, 0) is 0 Å². The van der Waals surface area contributed by atoms with Gasteiger partial charge in [0.15, 0.2) is 0 Å². The Morgan fingerprint density at radius 3 is 2.55 bits per heavy atom. The average molecular weight is 174 g/mol. The first-order chi connectivity index (χ1) is 5.11. The second-order valence-corrected chi connectivity index (χ2v) is 5.02. The van der Waals surface area contributed by atoms with Gasteiger partial charge in [-0.2, -0.15) is 0 Å². The minimum absolute atomic E-state index is 0.210. The van der Waals surface area contributed by atoms with Crippen molar-refractivity contribution >= 4 is 16.5 Å². The van der Waals surface area contributed by atoms with E-state index in [1.807, 2.05) is 0 Å². The molecule has 0 spiro atoms. The van der Waals surface area contributed by atoms with Crippen LogP contribution in [0, 0.1) is 0 Å². The van der Waals surface area contributed by atoms with Crippen LogP contribution in [0.15, 0.2) is 0 Å². The third kappa shape index (κ3) is 2.29. The van der Waals surface area contributed by atoms with Gasteiger partial charge in [-0.15, -0.1) is 10.7 Å². The average Bonchev–Trinajstić information content (AvgIpc) is 1.85. The van der Waals surface area contributed by atoms with Gasteiger partial charge in [0.2, 0.25) is 0 Å². The van der Waals surface area contributed by atoms with Crippen LogP contribution >= 0.6 is 10.7 Å². The molecule has 0 aromatic rings. The minimum Gasteiger partial charge on any atom is -0.303 e. The summed E-state index contributed by atoms with van der Waals surface area (Å²) in [6, 6.07) is 0.680. The zero-order valence-electron chi connectivity index (χ0n) is 7.71. The van der Waals surface area contributed by atoms with E-state index in [2.05, 4.69) is 35.3 Å². The van der Waals surface area contributed by atoms with Crippen molar-refractivity contribution in [2.45, 2.75) is 13.0 Å². The maximum Gasteiger partial charge on any atom is 0.0297 e. The van der Waals surface area contributed by atoms with Gasteiger partial charge in [0.05, 0.1) is 0 Å². The molecule has 0 saturated carbocycles. The summed E-state index contributed by atoms with van der Waals surface area (Å²) in [6.07, 6.45) is 2.20. The van der Waals surface area contributed by atoms with Crippen LogP contribution < -0.4 is 0 Å². The van der Waals surface area contributed by atoms with E-state index in [-0.39, 0.29) is 10.7 Å². The molecule has 0 aliphatic carbocycles. The maximum absolute atomic E-state index is 4.07. The zero-order valence-corrected chi connectivity index (χ0v) is 8.52. The molecule has 2 nitrogen and oxygen atoms in total. The quantitative estimate of drug-likeness (QED) is 0.544. The van der Waals surface area contributed by atoms with Crippen molar-refractivity contribution in [1.29, 1.82) is 0 Å². The molecule has 66 valence electrons. The van der Waals surface area contributed by atoms with Crippen LogP contribution in [0.5, 0.6) is 0 Å². The van der Waals surface area contributed by atoms with E-state index in [9.17, 15) is 0 Å². The van der Waals surface area contributed by atoms with Crippen LogP contribution in [0.2, 0.25) is 0 Å². The van der Waals surface area contributed by atoms with E-state index in [1.165, 1.54) is 19.6 Å². The predicted molar refractivity (Wildman–Crippen MR) is 54.3 cm³/mol. The van der Waals surface area contributed by atoms with Crippen molar-refractivity contribution in [3.8, 4) is 0 Å². The third-order valence-corrected chi connectivity index (χ3v) is 3.51. The minimum atomic E-state index is 0.210. The Hall–Kier alpha value is 0.140. The molecule has 1 aliphatic heterocycles.